The van der Waals surface area contributed by atoms with Crippen LogP contribution in [0, 0.1) is 15.9 Å². The molecule has 2 N–H and O–H groups in total. The highest BCUT2D eigenvalue weighted by Gasteiger charge is 2.26. The molecule has 0 aliphatic rings. The molecule has 1 aromatic rings. The van der Waals surface area contributed by atoms with Gasteiger partial charge in [-0.2, -0.15) is 0 Å². The summed E-state index contributed by atoms with van der Waals surface area (Å²) in [5, 5.41) is 10.8. The predicted octanol–water partition coefficient (Wildman–Crippen LogP) is 2.58. The summed E-state index contributed by atoms with van der Waals surface area (Å²) in [5.74, 6) is -1.35. The monoisotopic (exact) mass is 283 g/mol. The number of hydrogen-bond acceptors (Lipinski definition) is 4. The predicted molar refractivity (Wildman–Crippen MR) is 73.9 cm³/mol. The van der Waals surface area contributed by atoms with Gasteiger partial charge < -0.3 is 10.6 Å². The van der Waals surface area contributed by atoms with E-state index in [1.54, 1.807) is 6.92 Å². The third-order valence-corrected chi connectivity index (χ3v) is 3.27. The van der Waals surface area contributed by atoms with Crippen molar-refractivity contribution in [1.82, 2.24) is 4.90 Å². The van der Waals surface area contributed by atoms with Gasteiger partial charge in [-0.3, -0.25) is 14.9 Å². The number of nitrogens with zero attached hydrogens (tertiary/aromatic N) is 2. The summed E-state index contributed by atoms with van der Waals surface area (Å²) in [6.45, 7) is 5.97. The van der Waals surface area contributed by atoms with Crippen LogP contribution in [0.15, 0.2) is 12.1 Å². The number of rotatable bonds is 5. The first kappa shape index (κ1) is 15.9. The summed E-state index contributed by atoms with van der Waals surface area (Å²) in [4.78, 5) is 23.9. The van der Waals surface area contributed by atoms with Crippen LogP contribution < -0.4 is 5.73 Å². The lowest BCUT2D eigenvalue weighted by molar-refractivity contribution is -0.384. The molecule has 0 saturated heterocycles. The highest BCUT2D eigenvalue weighted by atomic mass is 19.1. The van der Waals surface area contributed by atoms with Gasteiger partial charge in [-0.15, -0.1) is 0 Å². The highest BCUT2D eigenvalue weighted by molar-refractivity contribution is 6.01. The molecule has 0 aliphatic carbocycles. The Morgan fingerprint density at radius 2 is 2.10 bits per heavy atom. The highest BCUT2D eigenvalue weighted by Crippen LogP contribution is 2.28. The zero-order chi connectivity index (χ0) is 15.4. The molecule has 1 atom stereocenters. The lowest BCUT2D eigenvalue weighted by Crippen LogP contribution is -2.38. The molecule has 7 heteroatoms. The molecule has 0 aromatic heterocycles. The second-order valence-electron chi connectivity index (χ2n) is 4.49. The third kappa shape index (κ3) is 3.04. The molecule has 1 amide bonds. The fourth-order valence-electron chi connectivity index (χ4n) is 1.96. The van der Waals surface area contributed by atoms with Crippen LogP contribution in [0.25, 0.3) is 0 Å². The van der Waals surface area contributed by atoms with Gasteiger partial charge in [0.25, 0.3) is 11.6 Å². The van der Waals surface area contributed by atoms with Crippen molar-refractivity contribution < 1.29 is 14.1 Å². The Labute approximate surface area is 116 Å². The van der Waals surface area contributed by atoms with Crippen molar-refractivity contribution in [3.63, 3.8) is 0 Å². The van der Waals surface area contributed by atoms with Crippen LogP contribution in [0.3, 0.4) is 0 Å². The lowest BCUT2D eigenvalue weighted by Gasteiger charge is -2.27. The van der Waals surface area contributed by atoms with Crippen molar-refractivity contribution in [3.05, 3.63) is 33.6 Å². The first-order valence-electron chi connectivity index (χ1n) is 6.37. The summed E-state index contributed by atoms with van der Waals surface area (Å²) in [6.07, 6.45) is 0.719. The Kier molecular flexibility index (Phi) is 5.01. The molecule has 0 aliphatic heterocycles. The molecule has 20 heavy (non-hydrogen) atoms. The standard InChI is InChI=1S/C13H18FN3O3/c1-4-8(3)16(5-2)13(18)10-6-9(14)7-11(12(10)15)17(19)20/h6-8H,4-5,15H2,1-3H3. The lowest BCUT2D eigenvalue weighted by atomic mass is 10.1. The van der Waals surface area contributed by atoms with E-state index in [-0.39, 0.29) is 17.3 Å². The maximum absolute atomic E-state index is 13.4. The van der Waals surface area contributed by atoms with E-state index in [0.717, 1.165) is 12.5 Å². The smallest absolute Gasteiger partial charge is 0.295 e. The van der Waals surface area contributed by atoms with Crippen molar-refractivity contribution in [3.8, 4) is 0 Å². The first-order valence-corrected chi connectivity index (χ1v) is 6.37. The summed E-state index contributed by atoms with van der Waals surface area (Å²) in [6, 6.07) is 1.59. The van der Waals surface area contributed by atoms with Crippen molar-refractivity contribution in [2.75, 3.05) is 12.3 Å². The number of anilines is 1. The van der Waals surface area contributed by atoms with E-state index < -0.39 is 22.3 Å². The van der Waals surface area contributed by atoms with Crippen molar-refractivity contribution in [2.24, 2.45) is 0 Å². The van der Waals surface area contributed by atoms with E-state index in [1.807, 2.05) is 13.8 Å². The van der Waals surface area contributed by atoms with E-state index in [0.29, 0.717) is 12.6 Å². The van der Waals surface area contributed by atoms with E-state index in [1.165, 1.54) is 4.90 Å². The summed E-state index contributed by atoms with van der Waals surface area (Å²) in [7, 11) is 0. The van der Waals surface area contributed by atoms with Crippen LogP contribution in [0.2, 0.25) is 0 Å². The van der Waals surface area contributed by atoms with Crippen LogP contribution in [0.5, 0.6) is 0 Å². The molecule has 0 spiro atoms. The molecule has 6 nitrogen and oxygen atoms in total. The van der Waals surface area contributed by atoms with E-state index in [4.69, 9.17) is 5.73 Å². The average molecular weight is 283 g/mol. The SMILES string of the molecule is CCC(C)N(CC)C(=O)c1cc(F)cc([N+](=O)[O-])c1N. The second-order valence-corrected chi connectivity index (χ2v) is 4.49. The minimum atomic E-state index is -0.852. The van der Waals surface area contributed by atoms with Crippen LogP contribution in [-0.4, -0.2) is 28.3 Å². The molecule has 0 saturated carbocycles. The summed E-state index contributed by atoms with van der Waals surface area (Å²) < 4.78 is 13.4. The summed E-state index contributed by atoms with van der Waals surface area (Å²) in [5.41, 5.74) is 4.57. The Balaban J connectivity index is 3.31. The molecule has 0 radical (unpaired) electrons. The number of halogens is 1. The van der Waals surface area contributed by atoms with Gasteiger partial charge in [0.05, 0.1) is 16.6 Å². The molecular weight excluding hydrogens is 265 g/mol. The quantitative estimate of drug-likeness (QED) is 0.511. The Hall–Kier alpha value is -2.18. The van der Waals surface area contributed by atoms with E-state index in [2.05, 4.69) is 0 Å². The van der Waals surface area contributed by atoms with Crippen LogP contribution in [0.4, 0.5) is 15.8 Å². The fraction of sp³-hybridized carbons (Fsp3) is 0.462. The molecule has 110 valence electrons. The average Bonchev–Trinajstić information content (AvgIpc) is 2.40. The molecule has 0 fully saturated rings. The number of nitrogens with two attached hydrogens (primary N) is 1. The molecule has 1 aromatic carbocycles. The molecular formula is C13H18FN3O3. The number of benzene rings is 1. The van der Waals surface area contributed by atoms with Gasteiger partial charge in [0.2, 0.25) is 0 Å². The Bertz CT molecular complexity index is 534. The minimum absolute atomic E-state index is 0.0609. The first-order chi connectivity index (χ1) is 9.33. The van der Waals surface area contributed by atoms with Gasteiger partial charge in [0.1, 0.15) is 11.5 Å². The molecule has 1 unspecified atom stereocenters. The number of nitro benzene ring substituents is 1. The maximum Gasteiger partial charge on any atom is 0.295 e. The molecule has 0 bridgehead atoms. The van der Waals surface area contributed by atoms with Crippen LogP contribution in [-0.2, 0) is 0 Å². The van der Waals surface area contributed by atoms with Crippen LogP contribution in [0.1, 0.15) is 37.6 Å². The van der Waals surface area contributed by atoms with E-state index in [9.17, 15) is 19.3 Å². The topological polar surface area (TPSA) is 89.5 Å². The van der Waals surface area contributed by atoms with Crippen molar-refractivity contribution >= 4 is 17.3 Å². The maximum atomic E-state index is 13.4. The Morgan fingerprint density at radius 3 is 2.55 bits per heavy atom. The van der Waals surface area contributed by atoms with Gasteiger partial charge >= 0.3 is 0 Å². The van der Waals surface area contributed by atoms with Crippen molar-refractivity contribution in [2.45, 2.75) is 33.2 Å². The zero-order valence-electron chi connectivity index (χ0n) is 11.7. The number of carbonyl (C=O) groups is 1. The van der Waals surface area contributed by atoms with Gasteiger partial charge in [0, 0.05) is 12.6 Å². The second kappa shape index (κ2) is 6.31. The number of hydrogen-bond donors (Lipinski definition) is 1. The van der Waals surface area contributed by atoms with Gasteiger partial charge in [0.15, 0.2) is 0 Å². The fourth-order valence-corrected chi connectivity index (χ4v) is 1.96. The van der Waals surface area contributed by atoms with Crippen molar-refractivity contribution in [1.29, 1.82) is 0 Å². The Morgan fingerprint density at radius 1 is 1.50 bits per heavy atom. The van der Waals surface area contributed by atoms with Gasteiger partial charge in [-0.25, -0.2) is 4.39 Å². The zero-order valence-corrected chi connectivity index (χ0v) is 11.7. The third-order valence-electron chi connectivity index (χ3n) is 3.27. The van der Waals surface area contributed by atoms with Crippen LogP contribution >= 0.6 is 0 Å². The number of carbonyl (C=O) groups excluding carboxylic acids is 1. The minimum Gasteiger partial charge on any atom is -0.393 e. The number of nitro groups is 1. The normalized spacial score (nSPS) is 12.0. The van der Waals surface area contributed by atoms with Gasteiger partial charge in [-0.05, 0) is 26.3 Å². The van der Waals surface area contributed by atoms with Gasteiger partial charge in [-0.1, -0.05) is 6.92 Å². The number of amides is 1. The largest absolute Gasteiger partial charge is 0.393 e. The number of nitrogen functional groups attached to an aromatic ring is 1. The van der Waals surface area contributed by atoms with E-state index >= 15 is 0 Å². The summed E-state index contributed by atoms with van der Waals surface area (Å²) >= 11 is 0. The molecule has 1 rings (SSSR count). The molecule has 0 heterocycles.